The van der Waals surface area contributed by atoms with Crippen LogP contribution in [0.1, 0.15) is 39.7 Å². The van der Waals surface area contributed by atoms with Gasteiger partial charge in [-0.2, -0.15) is 0 Å². The van der Waals surface area contributed by atoms with Crippen molar-refractivity contribution >= 4 is 17.7 Å². The molecule has 0 unspecified atom stereocenters. The number of nitrogens with one attached hydrogen (secondary N) is 1. The van der Waals surface area contributed by atoms with Crippen molar-refractivity contribution in [1.82, 2.24) is 5.32 Å². The Hall–Kier alpha value is -1.49. The second-order valence-corrected chi connectivity index (χ2v) is 7.58. The normalized spacial score (nSPS) is 23.3. The van der Waals surface area contributed by atoms with Crippen LogP contribution in [0.4, 0.5) is 9.18 Å². The molecule has 1 aromatic rings. The molecule has 0 aromatic heterocycles. The summed E-state index contributed by atoms with van der Waals surface area (Å²) in [6.07, 6.45) is 0.428. The van der Waals surface area contributed by atoms with Gasteiger partial charge < -0.3 is 14.8 Å². The molecule has 6 heteroatoms. The molecular weight excluding hydrogens is 321 g/mol. The van der Waals surface area contributed by atoms with E-state index in [1.807, 2.05) is 20.8 Å². The molecule has 128 valence electrons. The van der Waals surface area contributed by atoms with Crippen LogP contribution in [0.15, 0.2) is 12.1 Å². The lowest BCUT2D eigenvalue weighted by atomic mass is 9.94. The average Bonchev–Trinajstić information content (AvgIpc) is 3.09. The molecule has 1 fully saturated rings. The topological polar surface area (TPSA) is 47.6 Å². The van der Waals surface area contributed by atoms with Crippen LogP contribution < -0.4 is 10.1 Å². The molecule has 0 bridgehead atoms. The monoisotopic (exact) mass is 343 g/mol. The Balaban J connectivity index is 2.04. The van der Waals surface area contributed by atoms with Crippen LogP contribution in [0.25, 0.3) is 0 Å². The van der Waals surface area contributed by atoms with E-state index in [1.165, 1.54) is 13.2 Å². The van der Waals surface area contributed by atoms with Crippen LogP contribution in [-0.4, -0.2) is 25.3 Å². The molecule has 1 aliphatic rings. The zero-order valence-corrected chi connectivity index (χ0v) is 14.9. The highest BCUT2D eigenvalue weighted by Crippen LogP contribution is 2.56. The lowest BCUT2D eigenvalue weighted by molar-refractivity contribution is 0.0524. The summed E-state index contributed by atoms with van der Waals surface area (Å²) in [6.45, 7) is 8.00. The summed E-state index contributed by atoms with van der Waals surface area (Å²) >= 11 is 5.90. The third kappa shape index (κ3) is 4.08. The van der Waals surface area contributed by atoms with E-state index >= 15 is 0 Å². The smallest absolute Gasteiger partial charge is 0.407 e. The minimum atomic E-state index is -0.523. The van der Waals surface area contributed by atoms with Crippen molar-refractivity contribution in [2.24, 2.45) is 5.92 Å². The molecule has 1 aromatic carbocycles. The predicted octanol–water partition coefficient (Wildman–Crippen LogP) is 4.29. The van der Waals surface area contributed by atoms with Crippen LogP contribution in [-0.2, 0) is 10.2 Å². The van der Waals surface area contributed by atoms with Gasteiger partial charge in [-0.05, 0) is 39.2 Å². The van der Waals surface area contributed by atoms with E-state index in [0.717, 1.165) is 12.0 Å². The Bertz CT molecular complexity index is 615. The molecule has 0 heterocycles. The van der Waals surface area contributed by atoms with Crippen molar-refractivity contribution in [3.05, 3.63) is 28.5 Å². The number of hydrogen-bond acceptors (Lipinski definition) is 3. The Morgan fingerprint density at radius 1 is 1.48 bits per heavy atom. The highest BCUT2D eigenvalue weighted by molar-refractivity contribution is 6.30. The molecule has 0 aliphatic heterocycles. The van der Waals surface area contributed by atoms with Gasteiger partial charge in [-0.3, -0.25) is 0 Å². The highest BCUT2D eigenvalue weighted by Gasteiger charge is 2.52. The minimum absolute atomic E-state index is 0.0766. The largest absolute Gasteiger partial charge is 0.496 e. The van der Waals surface area contributed by atoms with Crippen LogP contribution in [0.3, 0.4) is 0 Å². The number of carbonyl (C=O) groups excluding carboxylic acids is 1. The Labute approximate surface area is 141 Å². The van der Waals surface area contributed by atoms with Crippen LogP contribution >= 0.6 is 11.6 Å². The van der Waals surface area contributed by atoms with Gasteiger partial charge >= 0.3 is 6.09 Å². The van der Waals surface area contributed by atoms with Crippen molar-refractivity contribution in [2.45, 2.75) is 45.1 Å². The lowest BCUT2D eigenvalue weighted by Crippen LogP contribution is -2.34. The van der Waals surface area contributed by atoms with Crippen molar-refractivity contribution in [3.8, 4) is 5.75 Å². The van der Waals surface area contributed by atoms with E-state index in [2.05, 4.69) is 12.2 Å². The van der Waals surface area contributed by atoms with Crippen molar-refractivity contribution < 1.29 is 18.7 Å². The molecule has 1 amide bonds. The standard InChI is InChI=1S/C17H23ClFNO3/c1-16(2,3)23-15(21)20-9-10-8-17(10,4)11-6-12(18)13(19)7-14(11)22-5/h6-7,10H,8-9H2,1-5H3,(H,20,21)/t10-,17-/m0/s1. The van der Waals surface area contributed by atoms with Gasteiger partial charge in [0, 0.05) is 23.6 Å². The Kier molecular flexibility index (Phi) is 4.81. The van der Waals surface area contributed by atoms with Gasteiger partial charge in [0.2, 0.25) is 0 Å². The first-order valence-corrected chi connectivity index (χ1v) is 7.95. The number of alkyl carbamates (subject to hydrolysis) is 1. The number of hydrogen-bond donors (Lipinski definition) is 1. The molecule has 2 rings (SSSR count). The molecule has 0 saturated heterocycles. The molecule has 4 nitrogen and oxygen atoms in total. The highest BCUT2D eigenvalue weighted by atomic mass is 35.5. The molecule has 23 heavy (non-hydrogen) atoms. The van der Waals surface area contributed by atoms with E-state index in [1.54, 1.807) is 6.07 Å². The first kappa shape index (κ1) is 17.9. The molecular formula is C17H23ClFNO3. The van der Waals surface area contributed by atoms with E-state index < -0.39 is 17.5 Å². The van der Waals surface area contributed by atoms with Crippen molar-refractivity contribution in [2.75, 3.05) is 13.7 Å². The zero-order chi connectivity index (χ0) is 17.4. The van der Waals surface area contributed by atoms with E-state index in [-0.39, 0.29) is 16.4 Å². The van der Waals surface area contributed by atoms with Gasteiger partial charge in [-0.15, -0.1) is 0 Å². The van der Waals surface area contributed by atoms with Crippen LogP contribution in [0.5, 0.6) is 5.75 Å². The van der Waals surface area contributed by atoms with Gasteiger partial charge in [-0.1, -0.05) is 18.5 Å². The van der Waals surface area contributed by atoms with Gasteiger partial charge in [0.15, 0.2) is 0 Å². The summed E-state index contributed by atoms with van der Waals surface area (Å²) in [5.41, 5.74) is 0.143. The summed E-state index contributed by atoms with van der Waals surface area (Å²) in [6, 6.07) is 2.92. The number of ether oxygens (including phenoxy) is 2. The molecule has 2 atom stereocenters. The molecule has 0 radical (unpaired) electrons. The number of carbonyl (C=O) groups is 1. The average molecular weight is 344 g/mol. The van der Waals surface area contributed by atoms with E-state index in [9.17, 15) is 9.18 Å². The third-order valence-corrected chi connectivity index (χ3v) is 4.45. The summed E-state index contributed by atoms with van der Waals surface area (Å²) in [4.78, 5) is 11.7. The van der Waals surface area contributed by atoms with Crippen LogP contribution in [0, 0.1) is 11.7 Å². The van der Waals surface area contributed by atoms with Gasteiger partial charge in [-0.25, -0.2) is 9.18 Å². The molecule has 1 N–H and O–H groups in total. The summed E-state index contributed by atoms with van der Waals surface area (Å²) in [7, 11) is 1.51. The lowest BCUT2D eigenvalue weighted by Gasteiger charge is -2.20. The fraction of sp³-hybridized carbons (Fsp3) is 0.588. The third-order valence-electron chi connectivity index (χ3n) is 4.16. The van der Waals surface area contributed by atoms with Crippen molar-refractivity contribution in [3.63, 3.8) is 0 Å². The number of halogens is 2. The van der Waals surface area contributed by atoms with Crippen molar-refractivity contribution in [1.29, 1.82) is 0 Å². The van der Waals surface area contributed by atoms with Gasteiger partial charge in [0.1, 0.15) is 17.2 Å². The number of methoxy groups -OCH3 is 1. The summed E-state index contributed by atoms with van der Waals surface area (Å²) < 4.78 is 24.1. The summed E-state index contributed by atoms with van der Waals surface area (Å²) in [5.74, 6) is 0.208. The van der Waals surface area contributed by atoms with Crippen LogP contribution in [0.2, 0.25) is 5.02 Å². The predicted molar refractivity (Wildman–Crippen MR) is 87.7 cm³/mol. The Morgan fingerprint density at radius 2 is 2.13 bits per heavy atom. The maximum Gasteiger partial charge on any atom is 0.407 e. The second kappa shape index (κ2) is 6.19. The SMILES string of the molecule is COc1cc(F)c(Cl)cc1[C@@]1(C)C[C@H]1CNC(=O)OC(C)(C)C. The van der Waals surface area contributed by atoms with Gasteiger partial charge in [0.25, 0.3) is 0 Å². The number of rotatable bonds is 4. The second-order valence-electron chi connectivity index (χ2n) is 7.17. The van der Waals surface area contributed by atoms with E-state index in [4.69, 9.17) is 21.1 Å². The first-order valence-electron chi connectivity index (χ1n) is 7.57. The molecule has 0 spiro atoms. The maximum atomic E-state index is 13.6. The first-order chi connectivity index (χ1) is 10.6. The number of benzene rings is 1. The zero-order valence-electron chi connectivity index (χ0n) is 14.1. The quantitative estimate of drug-likeness (QED) is 0.887. The number of amides is 1. The van der Waals surface area contributed by atoms with E-state index in [0.29, 0.717) is 12.3 Å². The van der Waals surface area contributed by atoms with Gasteiger partial charge in [0.05, 0.1) is 12.1 Å². The fourth-order valence-electron chi connectivity index (χ4n) is 2.74. The molecule has 1 aliphatic carbocycles. The minimum Gasteiger partial charge on any atom is -0.496 e. The summed E-state index contributed by atoms with van der Waals surface area (Å²) in [5, 5.41) is 2.86. The maximum absolute atomic E-state index is 13.6. The fourth-order valence-corrected chi connectivity index (χ4v) is 2.91. The Morgan fingerprint density at radius 3 is 2.70 bits per heavy atom. The molecule has 1 saturated carbocycles.